The van der Waals surface area contributed by atoms with Gasteiger partial charge in [0.15, 0.2) is 17.3 Å². The Morgan fingerprint density at radius 2 is 1.97 bits per heavy atom. The standard InChI is InChI=1S/C24H21NO5/c1-25-8-6-16(7-9-25)23-21(29-2)11-18(14-27)22-19(28)12-20(30-24(22)23)17-5-3-4-15(10-17)13-26/h3-6,10-14H,7-9H2,1-2H3. The van der Waals surface area contributed by atoms with Gasteiger partial charge in [-0.05, 0) is 31.2 Å². The molecule has 30 heavy (non-hydrogen) atoms. The number of hydrogen-bond donors (Lipinski definition) is 0. The highest BCUT2D eigenvalue weighted by atomic mass is 16.5. The molecule has 3 aromatic rings. The molecular formula is C24H21NO5. The van der Waals surface area contributed by atoms with E-state index in [4.69, 9.17) is 9.15 Å². The molecule has 0 radical (unpaired) electrons. The first kappa shape index (κ1) is 19.8. The number of carbonyl (C=O) groups excluding carboxylic acids is 2. The van der Waals surface area contributed by atoms with Crippen molar-refractivity contribution in [3.63, 3.8) is 0 Å². The lowest BCUT2D eigenvalue weighted by atomic mass is 9.94. The van der Waals surface area contributed by atoms with E-state index < -0.39 is 0 Å². The topological polar surface area (TPSA) is 76.8 Å². The van der Waals surface area contributed by atoms with Gasteiger partial charge in [-0.3, -0.25) is 14.4 Å². The molecule has 152 valence electrons. The van der Waals surface area contributed by atoms with Gasteiger partial charge in [0.05, 0.1) is 18.1 Å². The number of fused-ring (bicyclic) bond motifs is 1. The lowest BCUT2D eigenvalue weighted by Gasteiger charge is -2.24. The van der Waals surface area contributed by atoms with Crippen molar-refractivity contribution in [2.75, 3.05) is 27.2 Å². The maximum absolute atomic E-state index is 13.0. The maximum atomic E-state index is 13.0. The van der Waals surface area contributed by atoms with E-state index in [-0.39, 0.29) is 16.4 Å². The summed E-state index contributed by atoms with van der Waals surface area (Å²) in [5, 5.41) is 0.232. The number of methoxy groups -OCH3 is 1. The Kier molecular flexibility index (Phi) is 5.33. The monoisotopic (exact) mass is 403 g/mol. The Morgan fingerprint density at radius 3 is 2.63 bits per heavy atom. The third kappa shape index (κ3) is 3.46. The Hall–Kier alpha value is -3.51. The number of aldehydes is 2. The van der Waals surface area contributed by atoms with Crippen LogP contribution in [-0.2, 0) is 0 Å². The van der Waals surface area contributed by atoms with E-state index in [0.717, 1.165) is 31.4 Å². The highest BCUT2D eigenvalue weighted by molar-refractivity contribution is 6.03. The second kappa shape index (κ2) is 8.08. The van der Waals surface area contributed by atoms with Crippen LogP contribution in [-0.4, -0.2) is 44.7 Å². The van der Waals surface area contributed by atoms with Crippen LogP contribution in [0, 0.1) is 0 Å². The molecular weight excluding hydrogens is 382 g/mol. The first-order valence-electron chi connectivity index (χ1n) is 9.63. The number of hydrogen-bond acceptors (Lipinski definition) is 6. The molecule has 6 heteroatoms. The summed E-state index contributed by atoms with van der Waals surface area (Å²) < 4.78 is 11.8. The average molecular weight is 403 g/mol. The fourth-order valence-electron chi connectivity index (χ4n) is 3.80. The summed E-state index contributed by atoms with van der Waals surface area (Å²) in [6.07, 6.45) is 4.23. The second-order valence-corrected chi connectivity index (χ2v) is 7.32. The number of rotatable bonds is 5. The zero-order valence-electron chi connectivity index (χ0n) is 16.8. The van der Waals surface area contributed by atoms with E-state index in [9.17, 15) is 14.4 Å². The van der Waals surface area contributed by atoms with Crippen LogP contribution in [0.4, 0.5) is 0 Å². The Morgan fingerprint density at radius 1 is 1.13 bits per heavy atom. The number of benzene rings is 2. The molecule has 2 heterocycles. The summed E-state index contributed by atoms with van der Waals surface area (Å²) in [5.41, 5.74) is 3.02. The van der Waals surface area contributed by atoms with Crippen LogP contribution < -0.4 is 10.2 Å². The quantitative estimate of drug-likeness (QED) is 0.603. The Balaban J connectivity index is 2.06. The second-order valence-electron chi connectivity index (χ2n) is 7.32. The minimum absolute atomic E-state index is 0.223. The van der Waals surface area contributed by atoms with Crippen molar-refractivity contribution in [1.29, 1.82) is 0 Å². The molecule has 1 aliphatic rings. The third-order valence-corrected chi connectivity index (χ3v) is 5.38. The van der Waals surface area contributed by atoms with E-state index in [1.807, 2.05) is 7.05 Å². The van der Waals surface area contributed by atoms with Crippen molar-refractivity contribution in [2.24, 2.45) is 0 Å². The van der Waals surface area contributed by atoms with Crippen molar-refractivity contribution in [1.82, 2.24) is 4.90 Å². The van der Waals surface area contributed by atoms with E-state index in [1.165, 1.54) is 13.2 Å². The molecule has 0 saturated heterocycles. The minimum Gasteiger partial charge on any atom is -0.496 e. The molecule has 1 aliphatic heterocycles. The smallest absolute Gasteiger partial charge is 0.194 e. The minimum atomic E-state index is -0.317. The number of carbonyl (C=O) groups is 2. The molecule has 6 nitrogen and oxygen atoms in total. The van der Waals surface area contributed by atoms with Crippen molar-refractivity contribution in [2.45, 2.75) is 6.42 Å². The van der Waals surface area contributed by atoms with Gasteiger partial charge in [0.2, 0.25) is 0 Å². The number of ether oxygens (including phenoxy) is 1. The van der Waals surface area contributed by atoms with Gasteiger partial charge in [-0.15, -0.1) is 0 Å². The van der Waals surface area contributed by atoms with Gasteiger partial charge in [0.1, 0.15) is 17.8 Å². The molecule has 0 saturated carbocycles. The van der Waals surface area contributed by atoms with E-state index in [0.29, 0.717) is 40.1 Å². The summed E-state index contributed by atoms with van der Waals surface area (Å²) in [6.45, 7) is 1.62. The van der Waals surface area contributed by atoms with Crippen LogP contribution >= 0.6 is 0 Å². The predicted molar refractivity (Wildman–Crippen MR) is 115 cm³/mol. The molecule has 4 rings (SSSR count). The van der Waals surface area contributed by atoms with Crippen LogP contribution in [0.2, 0.25) is 0 Å². The van der Waals surface area contributed by atoms with Crippen LogP contribution in [0.15, 0.2) is 51.7 Å². The molecule has 0 aliphatic carbocycles. The van der Waals surface area contributed by atoms with E-state index in [2.05, 4.69) is 11.0 Å². The van der Waals surface area contributed by atoms with Gasteiger partial charge in [-0.25, -0.2) is 0 Å². The molecule has 0 amide bonds. The van der Waals surface area contributed by atoms with Gasteiger partial charge in [-0.2, -0.15) is 0 Å². The SMILES string of the molecule is COc1cc(C=O)c2c(=O)cc(-c3cccc(C=O)c3)oc2c1C1=CCN(C)CC1. The molecule has 0 spiro atoms. The molecule has 0 bridgehead atoms. The lowest BCUT2D eigenvalue weighted by molar-refractivity contribution is 0.111. The van der Waals surface area contributed by atoms with Crippen molar-refractivity contribution in [3.8, 4) is 17.1 Å². The van der Waals surface area contributed by atoms with Gasteiger partial charge in [0.25, 0.3) is 0 Å². The van der Waals surface area contributed by atoms with Gasteiger partial charge in [-0.1, -0.05) is 24.3 Å². The third-order valence-electron chi connectivity index (χ3n) is 5.38. The molecule has 0 N–H and O–H groups in total. The van der Waals surface area contributed by atoms with Gasteiger partial charge < -0.3 is 14.1 Å². The van der Waals surface area contributed by atoms with Gasteiger partial charge in [0, 0.05) is 35.8 Å². The Bertz CT molecular complexity index is 1240. The first-order chi connectivity index (χ1) is 14.5. The number of likely N-dealkylation sites (N-methyl/N-ethyl adjacent to an activating group) is 1. The fourth-order valence-corrected chi connectivity index (χ4v) is 3.80. The summed E-state index contributed by atoms with van der Waals surface area (Å²) in [4.78, 5) is 38.1. The number of nitrogens with zero attached hydrogens (tertiary/aromatic N) is 1. The Labute approximate surface area is 173 Å². The normalized spacial score (nSPS) is 14.4. The summed E-state index contributed by atoms with van der Waals surface area (Å²) in [7, 11) is 3.57. The van der Waals surface area contributed by atoms with Crippen LogP contribution in [0.1, 0.15) is 32.7 Å². The van der Waals surface area contributed by atoms with Crippen LogP contribution in [0.5, 0.6) is 5.75 Å². The molecule has 2 aromatic carbocycles. The van der Waals surface area contributed by atoms with Crippen molar-refractivity contribution in [3.05, 3.63) is 69.4 Å². The molecule has 0 atom stereocenters. The van der Waals surface area contributed by atoms with E-state index in [1.54, 1.807) is 30.3 Å². The molecule has 1 aromatic heterocycles. The highest BCUT2D eigenvalue weighted by Crippen LogP contribution is 2.38. The van der Waals surface area contributed by atoms with Crippen LogP contribution in [0.3, 0.4) is 0 Å². The van der Waals surface area contributed by atoms with Crippen molar-refractivity contribution < 1.29 is 18.7 Å². The zero-order valence-corrected chi connectivity index (χ0v) is 16.8. The lowest BCUT2D eigenvalue weighted by Crippen LogP contribution is -2.24. The fraction of sp³-hybridized carbons (Fsp3) is 0.208. The summed E-state index contributed by atoms with van der Waals surface area (Å²) in [6, 6.07) is 9.79. The largest absolute Gasteiger partial charge is 0.496 e. The van der Waals surface area contributed by atoms with Crippen LogP contribution in [0.25, 0.3) is 27.9 Å². The molecule has 0 unspecified atom stereocenters. The predicted octanol–water partition coefficient (Wildman–Crippen LogP) is 3.81. The van der Waals surface area contributed by atoms with E-state index >= 15 is 0 Å². The van der Waals surface area contributed by atoms with Crippen molar-refractivity contribution >= 4 is 29.1 Å². The summed E-state index contributed by atoms with van der Waals surface area (Å²) >= 11 is 0. The first-order valence-corrected chi connectivity index (χ1v) is 9.63. The molecule has 0 fully saturated rings. The summed E-state index contributed by atoms with van der Waals surface area (Å²) in [5.74, 6) is 0.818. The van der Waals surface area contributed by atoms with Gasteiger partial charge >= 0.3 is 0 Å². The highest BCUT2D eigenvalue weighted by Gasteiger charge is 2.23. The maximum Gasteiger partial charge on any atom is 0.194 e. The zero-order chi connectivity index (χ0) is 21.3. The average Bonchev–Trinajstić information content (AvgIpc) is 2.78.